The zero-order valence-electron chi connectivity index (χ0n) is 11.2. The van der Waals surface area contributed by atoms with Gasteiger partial charge < -0.3 is 18.9 Å². The second-order valence-electron chi connectivity index (χ2n) is 4.34. The van der Waals surface area contributed by atoms with Gasteiger partial charge in [0.05, 0.1) is 25.3 Å². The Balaban J connectivity index is 1.91. The predicted octanol–water partition coefficient (Wildman–Crippen LogP) is 2.82. The van der Waals surface area contributed by atoms with Crippen molar-refractivity contribution in [2.24, 2.45) is 0 Å². The Bertz CT molecular complexity index is 555. The molecule has 0 aromatic carbocycles. The summed E-state index contributed by atoms with van der Waals surface area (Å²) in [5, 5.41) is 3.26. The molecular weight excluding hydrogens is 246 g/mol. The largest absolute Gasteiger partial charge is 0.467 e. The van der Waals surface area contributed by atoms with Crippen LogP contribution in [0.4, 0.5) is 0 Å². The van der Waals surface area contributed by atoms with Crippen molar-refractivity contribution < 1.29 is 18.4 Å². The van der Waals surface area contributed by atoms with E-state index in [9.17, 15) is 4.79 Å². The average molecular weight is 263 g/mol. The third-order valence-corrected chi connectivity index (χ3v) is 2.85. The van der Waals surface area contributed by atoms with E-state index >= 15 is 0 Å². The summed E-state index contributed by atoms with van der Waals surface area (Å²) in [6.07, 6.45) is 1.39. The van der Waals surface area contributed by atoms with Gasteiger partial charge in [0, 0.05) is 0 Å². The quantitative estimate of drug-likeness (QED) is 0.840. The van der Waals surface area contributed by atoms with Gasteiger partial charge in [-0.2, -0.15) is 0 Å². The maximum atomic E-state index is 11.3. The zero-order chi connectivity index (χ0) is 13.8. The first-order chi connectivity index (χ1) is 9.10. The third kappa shape index (κ3) is 3.26. The highest BCUT2D eigenvalue weighted by Gasteiger charge is 2.12. The number of carbonyl (C=O) groups is 1. The van der Waals surface area contributed by atoms with Gasteiger partial charge in [0.1, 0.15) is 23.5 Å². The number of hydrogen-bond donors (Lipinski definition) is 1. The first-order valence-electron chi connectivity index (χ1n) is 6.05. The van der Waals surface area contributed by atoms with E-state index in [2.05, 4.69) is 10.1 Å². The van der Waals surface area contributed by atoms with Crippen LogP contribution in [0.5, 0.6) is 0 Å². The molecule has 102 valence electrons. The number of furan rings is 2. The molecule has 2 rings (SSSR count). The van der Waals surface area contributed by atoms with Crippen molar-refractivity contribution in [1.82, 2.24) is 5.32 Å². The van der Waals surface area contributed by atoms with Gasteiger partial charge in [-0.05, 0) is 32.0 Å². The van der Waals surface area contributed by atoms with E-state index in [1.165, 1.54) is 13.4 Å². The fraction of sp³-hybridized carbons (Fsp3) is 0.357. The van der Waals surface area contributed by atoms with Crippen LogP contribution >= 0.6 is 0 Å². The lowest BCUT2D eigenvalue weighted by Crippen LogP contribution is -2.17. The van der Waals surface area contributed by atoms with E-state index in [1.807, 2.05) is 26.0 Å². The summed E-state index contributed by atoms with van der Waals surface area (Å²) in [5.41, 5.74) is 0.417. The lowest BCUT2D eigenvalue weighted by atomic mass is 10.2. The van der Waals surface area contributed by atoms with Crippen molar-refractivity contribution >= 4 is 5.97 Å². The van der Waals surface area contributed by atoms with E-state index in [0.29, 0.717) is 17.9 Å². The first kappa shape index (κ1) is 13.4. The average Bonchev–Trinajstić information content (AvgIpc) is 3.04. The Morgan fingerprint density at radius 1 is 1.47 bits per heavy atom. The molecule has 1 unspecified atom stereocenters. The number of hydrogen-bond acceptors (Lipinski definition) is 5. The Labute approximate surface area is 111 Å². The number of carbonyl (C=O) groups excluding carboxylic acids is 1. The van der Waals surface area contributed by atoms with Crippen LogP contribution in [-0.2, 0) is 11.3 Å². The van der Waals surface area contributed by atoms with E-state index in [4.69, 9.17) is 8.83 Å². The molecule has 0 aliphatic carbocycles. The van der Waals surface area contributed by atoms with E-state index in [1.54, 1.807) is 6.07 Å². The van der Waals surface area contributed by atoms with Crippen LogP contribution in [0.3, 0.4) is 0 Å². The maximum Gasteiger partial charge on any atom is 0.341 e. The molecule has 0 amide bonds. The van der Waals surface area contributed by atoms with E-state index in [0.717, 1.165) is 11.5 Å². The summed E-state index contributed by atoms with van der Waals surface area (Å²) in [6, 6.07) is 5.60. The SMILES string of the molecule is COC(=O)c1coc(CNC(C)c2ccc(C)o2)c1. The first-order valence-corrected chi connectivity index (χ1v) is 6.05. The summed E-state index contributed by atoms with van der Waals surface area (Å²) >= 11 is 0. The topological polar surface area (TPSA) is 64.6 Å². The molecule has 0 bridgehead atoms. The van der Waals surface area contributed by atoms with Crippen LogP contribution < -0.4 is 5.32 Å². The molecule has 0 radical (unpaired) electrons. The van der Waals surface area contributed by atoms with Crippen molar-refractivity contribution in [1.29, 1.82) is 0 Å². The van der Waals surface area contributed by atoms with Gasteiger partial charge >= 0.3 is 5.97 Å². The van der Waals surface area contributed by atoms with Crippen LogP contribution in [0.25, 0.3) is 0 Å². The Morgan fingerprint density at radius 2 is 2.26 bits per heavy atom. The smallest absolute Gasteiger partial charge is 0.341 e. The Morgan fingerprint density at radius 3 is 2.89 bits per heavy atom. The normalized spacial score (nSPS) is 12.4. The molecule has 2 heterocycles. The summed E-state index contributed by atoms with van der Waals surface area (Å²) in [6.45, 7) is 4.42. The van der Waals surface area contributed by atoms with Crippen molar-refractivity contribution in [3.8, 4) is 0 Å². The summed E-state index contributed by atoms with van der Waals surface area (Å²) < 4.78 is 15.4. The second-order valence-corrected chi connectivity index (χ2v) is 4.34. The van der Waals surface area contributed by atoms with Gasteiger partial charge in [-0.1, -0.05) is 0 Å². The molecule has 0 saturated carbocycles. The van der Waals surface area contributed by atoms with Gasteiger partial charge in [0.25, 0.3) is 0 Å². The molecule has 2 aromatic rings. The molecule has 0 aliphatic heterocycles. The number of ether oxygens (including phenoxy) is 1. The zero-order valence-corrected chi connectivity index (χ0v) is 11.2. The number of esters is 1. The molecule has 5 nitrogen and oxygen atoms in total. The van der Waals surface area contributed by atoms with Crippen molar-refractivity contribution in [3.63, 3.8) is 0 Å². The summed E-state index contributed by atoms with van der Waals surface area (Å²) in [5.74, 6) is 2.03. The molecule has 0 fully saturated rings. The molecule has 0 aliphatic rings. The highest BCUT2D eigenvalue weighted by molar-refractivity contribution is 5.88. The number of methoxy groups -OCH3 is 1. The monoisotopic (exact) mass is 263 g/mol. The minimum atomic E-state index is -0.398. The highest BCUT2D eigenvalue weighted by Crippen LogP contribution is 2.17. The molecule has 2 aromatic heterocycles. The molecule has 1 atom stereocenters. The van der Waals surface area contributed by atoms with Gasteiger partial charge in [0.2, 0.25) is 0 Å². The van der Waals surface area contributed by atoms with Crippen LogP contribution in [0, 0.1) is 6.92 Å². The fourth-order valence-corrected chi connectivity index (χ4v) is 1.74. The third-order valence-electron chi connectivity index (χ3n) is 2.85. The van der Waals surface area contributed by atoms with Crippen LogP contribution in [0.15, 0.2) is 33.3 Å². The predicted molar refractivity (Wildman–Crippen MR) is 68.7 cm³/mol. The van der Waals surface area contributed by atoms with Crippen molar-refractivity contribution in [2.45, 2.75) is 26.4 Å². The second kappa shape index (κ2) is 5.75. The molecule has 0 saturated heterocycles. The van der Waals surface area contributed by atoms with E-state index in [-0.39, 0.29) is 6.04 Å². The lowest BCUT2D eigenvalue weighted by Gasteiger charge is -2.09. The van der Waals surface area contributed by atoms with Crippen LogP contribution in [0.2, 0.25) is 0 Å². The highest BCUT2D eigenvalue weighted by atomic mass is 16.5. The maximum absolute atomic E-state index is 11.3. The van der Waals surface area contributed by atoms with Crippen LogP contribution in [-0.4, -0.2) is 13.1 Å². The van der Waals surface area contributed by atoms with Crippen molar-refractivity contribution in [3.05, 3.63) is 47.3 Å². The Kier molecular flexibility index (Phi) is 4.06. The Hall–Kier alpha value is -2.01. The van der Waals surface area contributed by atoms with Gasteiger partial charge in [-0.15, -0.1) is 0 Å². The van der Waals surface area contributed by atoms with E-state index < -0.39 is 5.97 Å². The number of aryl methyl sites for hydroxylation is 1. The summed E-state index contributed by atoms with van der Waals surface area (Å²) in [4.78, 5) is 11.3. The molecule has 19 heavy (non-hydrogen) atoms. The van der Waals surface area contributed by atoms with Gasteiger partial charge in [-0.25, -0.2) is 4.79 Å². The van der Waals surface area contributed by atoms with Crippen LogP contribution in [0.1, 0.15) is 40.6 Å². The molecular formula is C14H17NO4. The fourth-order valence-electron chi connectivity index (χ4n) is 1.74. The molecule has 0 spiro atoms. The molecule has 1 N–H and O–H groups in total. The number of rotatable bonds is 5. The minimum Gasteiger partial charge on any atom is -0.467 e. The molecule has 5 heteroatoms. The van der Waals surface area contributed by atoms with Gasteiger partial charge in [0.15, 0.2) is 0 Å². The lowest BCUT2D eigenvalue weighted by molar-refractivity contribution is 0.0600. The van der Waals surface area contributed by atoms with Crippen molar-refractivity contribution in [2.75, 3.05) is 7.11 Å². The van der Waals surface area contributed by atoms with Gasteiger partial charge in [-0.3, -0.25) is 0 Å². The standard InChI is InChI=1S/C14H17NO4/c1-9-4-5-13(19-9)10(2)15-7-12-6-11(8-18-12)14(16)17-3/h4-6,8,10,15H,7H2,1-3H3. The summed E-state index contributed by atoms with van der Waals surface area (Å²) in [7, 11) is 1.34. The number of nitrogens with one attached hydrogen (secondary N) is 1. The minimum absolute atomic E-state index is 0.0698.